The van der Waals surface area contributed by atoms with Gasteiger partial charge in [-0.1, -0.05) is 30.3 Å². The quantitative estimate of drug-likeness (QED) is 0.432. The molecular formula is C21H22F3N5O2. The second-order valence-corrected chi connectivity index (χ2v) is 6.89. The van der Waals surface area contributed by atoms with E-state index in [-0.39, 0.29) is 12.5 Å². The second kappa shape index (κ2) is 9.71. The third-order valence-corrected chi connectivity index (χ3v) is 4.56. The SMILES string of the molecule is C[C@H](O)[C@H](CO)Nc1nc(NCc2ccc(-c3ccccn3)cc2)ncc1C(F)(F)F. The molecule has 2 atom stereocenters. The van der Waals surface area contributed by atoms with E-state index in [4.69, 9.17) is 0 Å². The molecule has 3 rings (SSSR count). The Bertz CT molecular complexity index is 983. The van der Waals surface area contributed by atoms with E-state index in [1.807, 2.05) is 42.5 Å². The van der Waals surface area contributed by atoms with E-state index in [2.05, 4.69) is 25.6 Å². The van der Waals surface area contributed by atoms with E-state index in [0.29, 0.717) is 6.20 Å². The fraction of sp³-hybridized carbons (Fsp3) is 0.286. The number of alkyl halides is 3. The molecule has 0 aliphatic heterocycles. The molecule has 3 aromatic rings. The zero-order valence-electron chi connectivity index (χ0n) is 16.6. The van der Waals surface area contributed by atoms with Gasteiger partial charge in [0.25, 0.3) is 0 Å². The van der Waals surface area contributed by atoms with Crippen LogP contribution in [0.25, 0.3) is 11.3 Å². The van der Waals surface area contributed by atoms with Gasteiger partial charge in [0.1, 0.15) is 11.4 Å². The zero-order valence-corrected chi connectivity index (χ0v) is 16.6. The molecule has 7 nitrogen and oxygen atoms in total. The highest BCUT2D eigenvalue weighted by molar-refractivity contribution is 5.59. The first kappa shape index (κ1) is 22.4. The third-order valence-electron chi connectivity index (χ3n) is 4.56. The summed E-state index contributed by atoms with van der Waals surface area (Å²) >= 11 is 0. The Morgan fingerprint density at radius 3 is 2.39 bits per heavy atom. The van der Waals surface area contributed by atoms with Gasteiger partial charge in [0.05, 0.1) is 24.4 Å². The van der Waals surface area contributed by atoms with Crippen molar-refractivity contribution < 1.29 is 23.4 Å². The minimum Gasteiger partial charge on any atom is -0.394 e. The largest absolute Gasteiger partial charge is 0.421 e. The number of anilines is 2. The van der Waals surface area contributed by atoms with Gasteiger partial charge in [0.2, 0.25) is 5.95 Å². The fourth-order valence-electron chi connectivity index (χ4n) is 2.79. The maximum absolute atomic E-state index is 13.3. The van der Waals surface area contributed by atoms with Crippen LogP contribution >= 0.6 is 0 Å². The molecule has 0 spiro atoms. The van der Waals surface area contributed by atoms with Crippen molar-refractivity contribution in [3.8, 4) is 11.3 Å². The molecule has 0 bridgehead atoms. The van der Waals surface area contributed by atoms with Gasteiger partial charge in [-0.3, -0.25) is 4.98 Å². The maximum Gasteiger partial charge on any atom is 0.421 e. The second-order valence-electron chi connectivity index (χ2n) is 6.89. The van der Waals surface area contributed by atoms with Gasteiger partial charge in [0.15, 0.2) is 0 Å². The summed E-state index contributed by atoms with van der Waals surface area (Å²) in [6.45, 7) is 1.08. The van der Waals surface area contributed by atoms with Crippen molar-refractivity contribution in [2.45, 2.75) is 31.8 Å². The lowest BCUT2D eigenvalue weighted by Crippen LogP contribution is -2.36. The first-order valence-electron chi connectivity index (χ1n) is 9.52. The first-order valence-corrected chi connectivity index (χ1v) is 9.52. The Balaban J connectivity index is 1.74. The predicted molar refractivity (Wildman–Crippen MR) is 110 cm³/mol. The summed E-state index contributed by atoms with van der Waals surface area (Å²) in [5.41, 5.74) is 1.56. The van der Waals surface area contributed by atoms with Gasteiger partial charge in [-0.15, -0.1) is 0 Å². The number of aliphatic hydroxyl groups excluding tert-OH is 2. The Morgan fingerprint density at radius 2 is 1.81 bits per heavy atom. The van der Waals surface area contributed by atoms with Crippen molar-refractivity contribution >= 4 is 11.8 Å². The summed E-state index contributed by atoms with van der Waals surface area (Å²) in [6.07, 6.45) is -3.41. The molecule has 2 aromatic heterocycles. The smallest absolute Gasteiger partial charge is 0.394 e. The average molecular weight is 433 g/mol. The Morgan fingerprint density at radius 1 is 1.06 bits per heavy atom. The number of hydrogen-bond acceptors (Lipinski definition) is 7. The maximum atomic E-state index is 13.3. The van der Waals surface area contributed by atoms with E-state index in [0.717, 1.165) is 16.8 Å². The van der Waals surface area contributed by atoms with Crippen LogP contribution in [-0.4, -0.2) is 43.9 Å². The molecular weight excluding hydrogens is 411 g/mol. The minimum absolute atomic E-state index is 0.0217. The molecule has 0 aliphatic carbocycles. The third kappa shape index (κ3) is 5.89. The van der Waals surface area contributed by atoms with Crippen LogP contribution in [0, 0.1) is 0 Å². The molecule has 0 saturated heterocycles. The van der Waals surface area contributed by atoms with E-state index in [9.17, 15) is 23.4 Å². The molecule has 0 aliphatic rings. The number of rotatable bonds is 8. The Hall–Kier alpha value is -3.24. The van der Waals surface area contributed by atoms with Crippen LogP contribution in [0.1, 0.15) is 18.1 Å². The van der Waals surface area contributed by atoms with Crippen LogP contribution in [0.2, 0.25) is 0 Å². The van der Waals surface area contributed by atoms with Crippen molar-refractivity contribution in [3.05, 3.63) is 66.0 Å². The monoisotopic (exact) mass is 433 g/mol. The van der Waals surface area contributed by atoms with Crippen LogP contribution in [0.15, 0.2) is 54.9 Å². The van der Waals surface area contributed by atoms with E-state index in [1.54, 1.807) is 6.20 Å². The van der Waals surface area contributed by atoms with Gasteiger partial charge < -0.3 is 20.8 Å². The number of aliphatic hydroxyl groups is 2. The van der Waals surface area contributed by atoms with Crippen molar-refractivity contribution in [1.82, 2.24) is 15.0 Å². The molecule has 0 saturated carbocycles. The van der Waals surface area contributed by atoms with E-state index in [1.165, 1.54) is 6.92 Å². The highest BCUT2D eigenvalue weighted by Crippen LogP contribution is 2.34. The lowest BCUT2D eigenvalue weighted by atomic mass is 10.1. The standard InChI is InChI=1S/C21H22F3N5O2/c1-13(31)18(12-30)28-19-16(21(22,23)24)11-27-20(29-19)26-10-14-5-7-15(8-6-14)17-4-2-3-9-25-17/h2-9,11,13,18,30-31H,10,12H2,1H3,(H2,26,27,28,29)/t13-,18-/m0/s1. The highest BCUT2D eigenvalue weighted by Gasteiger charge is 2.36. The molecule has 164 valence electrons. The normalized spacial score (nSPS) is 13.5. The van der Waals surface area contributed by atoms with Gasteiger partial charge in [-0.05, 0) is 24.6 Å². The van der Waals surface area contributed by atoms with Crippen LogP contribution in [0.5, 0.6) is 0 Å². The molecule has 2 heterocycles. The zero-order chi connectivity index (χ0) is 22.4. The number of pyridine rings is 1. The molecule has 31 heavy (non-hydrogen) atoms. The van der Waals surface area contributed by atoms with Crippen LogP contribution in [0.4, 0.5) is 24.9 Å². The van der Waals surface area contributed by atoms with Gasteiger partial charge >= 0.3 is 6.18 Å². The first-order chi connectivity index (χ1) is 14.8. The summed E-state index contributed by atoms with van der Waals surface area (Å²) in [4.78, 5) is 11.9. The average Bonchev–Trinajstić information content (AvgIpc) is 2.76. The van der Waals surface area contributed by atoms with Crippen molar-refractivity contribution in [2.24, 2.45) is 0 Å². The lowest BCUT2D eigenvalue weighted by Gasteiger charge is -2.22. The lowest BCUT2D eigenvalue weighted by molar-refractivity contribution is -0.137. The molecule has 0 fully saturated rings. The fourth-order valence-corrected chi connectivity index (χ4v) is 2.79. The van der Waals surface area contributed by atoms with E-state index >= 15 is 0 Å². The number of hydrogen-bond donors (Lipinski definition) is 4. The summed E-state index contributed by atoms with van der Waals surface area (Å²) in [7, 11) is 0. The van der Waals surface area contributed by atoms with Crippen LogP contribution in [-0.2, 0) is 12.7 Å². The summed E-state index contributed by atoms with van der Waals surface area (Å²) in [5, 5.41) is 24.3. The molecule has 0 radical (unpaired) electrons. The van der Waals surface area contributed by atoms with Gasteiger partial charge in [-0.25, -0.2) is 4.98 Å². The van der Waals surface area contributed by atoms with Crippen molar-refractivity contribution in [1.29, 1.82) is 0 Å². The van der Waals surface area contributed by atoms with Crippen molar-refractivity contribution in [2.75, 3.05) is 17.2 Å². The van der Waals surface area contributed by atoms with Crippen LogP contribution < -0.4 is 10.6 Å². The molecule has 0 unspecified atom stereocenters. The summed E-state index contributed by atoms with van der Waals surface area (Å²) in [6, 6.07) is 12.1. The number of halogens is 3. The Labute approximate surface area is 177 Å². The van der Waals surface area contributed by atoms with Gasteiger partial charge in [0, 0.05) is 24.5 Å². The molecule has 4 N–H and O–H groups in total. The number of nitrogens with zero attached hydrogens (tertiary/aromatic N) is 3. The van der Waals surface area contributed by atoms with Gasteiger partial charge in [-0.2, -0.15) is 18.2 Å². The summed E-state index contributed by atoms with van der Waals surface area (Å²) < 4.78 is 39.9. The molecule has 0 amide bonds. The topological polar surface area (TPSA) is 103 Å². The van der Waals surface area contributed by atoms with Crippen molar-refractivity contribution in [3.63, 3.8) is 0 Å². The minimum atomic E-state index is -4.69. The summed E-state index contributed by atoms with van der Waals surface area (Å²) in [5.74, 6) is -0.540. The highest BCUT2D eigenvalue weighted by atomic mass is 19.4. The predicted octanol–water partition coefficient (Wildman–Crippen LogP) is 3.32. The Kier molecular flexibility index (Phi) is 7.03. The number of aromatic nitrogens is 3. The van der Waals surface area contributed by atoms with E-state index < -0.39 is 36.3 Å². The molecule has 10 heteroatoms. The molecule has 1 aromatic carbocycles. The number of benzene rings is 1. The number of nitrogens with one attached hydrogen (secondary N) is 2. The van der Waals surface area contributed by atoms with Crippen LogP contribution in [0.3, 0.4) is 0 Å².